The van der Waals surface area contributed by atoms with E-state index in [0.29, 0.717) is 10.8 Å². The van der Waals surface area contributed by atoms with Crippen LogP contribution in [0, 0.1) is 0 Å². The van der Waals surface area contributed by atoms with Crippen molar-refractivity contribution >= 4 is 11.6 Å². The number of hydrogen-bond donors (Lipinski definition) is 1. The molecule has 0 saturated carbocycles. The summed E-state index contributed by atoms with van der Waals surface area (Å²) < 4.78 is 44.7. The van der Waals surface area contributed by atoms with Crippen molar-refractivity contribution in [2.75, 3.05) is 7.11 Å². The molecule has 8 heteroatoms. The zero-order chi connectivity index (χ0) is 18.9. The standard InChI is InChI=1S/C18H15F3N2O3/c1-26-14-9-5-8-13(10-14)17(25)11-15(18(19,20)21)22-23(17)16(24)12-6-3-2-4-7-12/h2-10,25H,11H2,1H3. The van der Waals surface area contributed by atoms with Gasteiger partial charge in [-0.1, -0.05) is 30.3 Å². The van der Waals surface area contributed by atoms with E-state index in [1.165, 1.54) is 37.4 Å². The first-order chi connectivity index (χ1) is 12.3. The van der Waals surface area contributed by atoms with Gasteiger partial charge in [0.25, 0.3) is 5.91 Å². The van der Waals surface area contributed by atoms with Crippen LogP contribution in [-0.2, 0) is 5.72 Å². The first kappa shape index (κ1) is 17.9. The van der Waals surface area contributed by atoms with E-state index >= 15 is 0 Å². The van der Waals surface area contributed by atoms with Crippen molar-refractivity contribution < 1.29 is 27.8 Å². The van der Waals surface area contributed by atoms with Crippen molar-refractivity contribution in [3.05, 3.63) is 65.7 Å². The number of halogens is 3. The van der Waals surface area contributed by atoms with Crippen molar-refractivity contribution in [1.29, 1.82) is 0 Å². The molecule has 5 nitrogen and oxygen atoms in total. The van der Waals surface area contributed by atoms with Crippen LogP contribution in [0.1, 0.15) is 22.3 Å². The number of rotatable bonds is 3. The topological polar surface area (TPSA) is 62.1 Å². The third-order valence-electron chi connectivity index (χ3n) is 4.06. The average Bonchev–Trinajstić information content (AvgIpc) is 3.01. The van der Waals surface area contributed by atoms with Crippen LogP contribution in [-0.4, -0.2) is 35.0 Å². The van der Waals surface area contributed by atoms with Crippen LogP contribution >= 0.6 is 0 Å². The van der Waals surface area contributed by atoms with Crippen LogP contribution in [0.15, 0.2) is 59.7 Å². The summed E-state index contributed by atoms with van der Waals surface area (Å²) in [6, 6.07) is 13.6. The van der Waals surface area contributed by atoms with E-state index in [1.54, 1.807) is 24.3 Å². The van der Waals surface area contributed by atoms with Crippen molar-refractivity contribution in [3.63, 3.8) is 0 Å². The van der Waals surface area contributed by atoms with Gasteiger partial charge in [0.2, 0.25) is 0 Å². The minimum Gasteiger partial charge on any atom is -0.497 e. The van der Waals surface area contributed by atoms with E-state index < -0.39 is 29.9 Å². The zero-order valence-corrected chi connectivity index (χ0v) is 13.7. The molecule has 1 N–H and O–H groups in total. The number of aliphatic hydroxyl groups is 1. The summed E-state index contributed by atoms with van der Waals surface area (Å²) in [5.74, 6) is -0.501. The van der Waals surface area contributed by atoms with Gasteiger partial charge in [-0.25, -0.2) is 0 Å². The maximum atomic E-state index is 13.2. The maximum Gasteiger partial charge on any atom is 0.431 e. The SMILES string of the molecule is COc1cccc(C2(O)CC(C(F)(F)F)=NN2C(=O)c2ccccc2)c1. The Kier molecular flexibility index (Phi) is 4.45. The lowest BCUT2D eigenvalue weighted by atomic mass is 9.96. The lowest BCUT2D eigenvalue weighted by molar-refractivity contribution is -0.0816. The molecule has 1 atom stereocenters. The molecule has 136 valence electrons. The molecule has 0 aliphatic carbocycles. The van der Waals surface area contributed by atoms with Gasteiger partial charge in [0, 0.05) is 11.1 Å². The fourth-order valence-electron chi connectivity index (χ4n) is 2.72. The summed E-state index contributed by atoms with van der Waals surface area (Å²) in [4.78, 5) is 12.7. The highest BCUT2D eigenvalue weighted by molar-refractivity contribution is 5.99. The highest BCUT2D eigenvalue weighted by atomic mass is 19.4. The summed E-state index contributed by atoms with van der Waals surface area (Å²) in [5, 5.41) is 14.9. The van der Waals surface area contributed by atoms with Gasteiger partial charge in [0.1, 0.15) is 11.5 Å². The number of nitrogens with zero attached hydrogens (tertiary/aromatic N) is 2. The Morgan fingerprint density at radius 3 is 2.50 bits per heavy atom. The minimum atomic E-state index is -4.77. The lowest BCUT2D eigenvalue weighted by Crippen LogP contribution is -2.43. The molecule has 1 unspecified atom stereocenters. The molecule has 1 aliphatic rings. The molecule has 0 radical (unpaired) electrons. The highest BCUT2D eigenvalue weighted by Crippen LogP contribution is 2.41. The van der Waals surface area contributed by atoms with Crippen LogP contribution in [0.25, 0.3) is 0 Å². The van der Waals surface area contributed by atoms with Crippen molar-refractivity contribution in [2.45, 2.75) is 18.3 Å². The van der Waals surface area contributed by atoms with E-state index in [1.807, 2.05) is 0 Å². The van der Waals surface area contributed by atoms with E-state index in [9.17, 15) is 23.1 Å². The van der Waals surface area contributed by atoms with Crippen LogP contribution in [0.4, 0.5) is 13.2 Å². The number of benzene rings is 2. The predicted molar refractivity (Wildman–Crippen MR) is 87.6 cm³/mol. The van der Waals surface area contributed by atoms with E-state index in [-0.39, 0.29) is 11.1 Å². The Bertz CT molecular complexity index is 852. The van der Waals surface area contributed by atoms with Crippen molar-refractivity contribution in [2.24, 2.45) is 5.10 Å². The number of methoxy groups -OCH3 is 1. The molecule has 1 aliphatic heterocycles. The Labute approximate surface area is 147 Å². The van der Waals surface area contributed by atoms with E-state index in [2.05, 4.69) is 5.10 Å². The number of carbonyl (C=O) groups is 1. The summed E-state index contributed by atoms with van der Waals surface area (Å²) >= 11 is 0. The van der Waals surface area contributed by atoms with Crippen molar-refractivity contribution in [3.8, 4) is 5.75 Å². The monoisotopic (exact) mass is 364 g/mol. The number of ether oxygens (including phenoxy) is 1. The first-order valence-corrected chi connectivity index (χ1v) is 7.67. The van der Waals surface area contributed by atoms with Gasteiger partial charge in [0.05, 0.1) is 13.5 Å². The van der Waals surface area contributed by atoms with Gasteiger partial charge in [-0.3, -0.25) is 4.79 Å². The number of alkyl halides is 3. The molecule has 3 rings (SSSR count). The largest absolute Gasteiger partial charge is 0.497 e. The second kappa shape index (κ2) is 6.45. The van der Waals surface area contributed by atoms with Gasteiger partial charge >= 0.3 is 6.18 Å². The third kappa shape index (κ3) is 3.15. The number of amides is 1. The predicted octanol–water partition coefficient (Wildman–Crippen LogP) is 3.30. The first-order valence-electron chi connectivity index (χ1n) is 7.67. The smallest absolute Gasteiger partial charge is 0.431 e. The van der Waals surface area contributed by atoms with Gasteiger partial charge < -0.3 is 9.84 Å². The van der Waals surface area contributed by atoms with Crippen LogP contribution in [0.5, 0.6) is 5.75 Å². The normalized spacial score (nSPS) is 20.0. The molecule has 26 heavy (non-hydrogen) atoms. The molecule has 1 heterocycles. The summed E-state index contributed by atoms with van der Waals surface area (Å²) in [5.41, 5.74) is -3.32. The van der Waals surface area contributed by atoms with Crippen molar-refractivity contribution in [1.82, 2.24) is 5.01 Å². The van der Waals surface area contributed by atoms with Crippen LogP contribution in [0.3, 0.4) is 0 Å². The summed E-state index contributed by atoms with van der Waals surface area (Å²) in [7, 11) is 1.39. The van der Waals surface area contributed by atoms with Gasteiger partial charge in [0.15, 0.2) is 5.72 Å². The molecule has 1 amide bonds. The highest BCUT2D eigenvalue weighted by Gasteiger charge is 2.53. The second-order valence-electron chi connectivity index (χ2n) is 5.75. The summed E-state index contributed by atoms with van der Waals surface area (Å²) in [6.07, 6.45) is -5.64. The maximum absolute atomic E-state index is 13.2. The number of carbonyl (C=O) groups excluding carboxylic acids is 1. The Hall–Kier alpha value is -2.87. The Balaban J connectivity index is 2.09. The fraction of sp³-hybridized carbons (Fsp3) is 0.222. The Morgan fingerprint density at radius 1 is 1.19 bits per heavy atom. The second-order valence-corrected chi connectivity index (χ2v) is 5.75. The Morgan fingerprint density at radius 2 is 1.88 bits per heavy atom. The van der Waals surface area contributed by atoms with Gasteiger partial charge in [-0.2, -0.15) is 23.3 Å². The molecular weight excluding hydrogens is 349 g/mol. The van der Waals surface area contributed by atoms with Gasteiger partial charge in [-0.15, -0.1) is 0 Å². The molecular formula is C18H15F3N2O3. The molecule has 0 bridgehead atoms. The molecule has 0 saturated heterocycles. The number of hydrazone groups is 1. The molecule has 2 aromatic rings. The number of hydrogen-bond acceptors (Lipinski definition) is 4. The minimum absolute atomic E-state index is 0.0733. The fourth-order valence-corrected chi connectivity index (χ4v) is 2.72. The van der Waals surface area contributed by atoms with E-state index in [4.69, 9.17) is 4.74 Å². The average molecular weight is 364 g/mol. The molecule has 0 spiro atoms. The molecule has 0 aromatic heterocycles. The zero-order valence-electron chi connectivity index (χ0n) is 13.7. The van der Waals surface area contributed by atoms with E-state index in [0.717, 1.165) is 0 Å². The molecule has 2 aromatic carbocycles. The molecule has 0 fully saturated rings. The van der Waals surface area contributed by atoms with Gasteiger partial charge in [-0.05, 0) is 24.3 Å². The van der Waals surface area contributed by atoms with Crippen LogP contribution < -0.4 is 4.74 Å². The summed E-state index contributed by atoms with van der Waals surface area (Å²) in [6.45, 7) is 0. The third-order valence-corrected chi connectivity index (χ3v) is 4.06. The van der Waals surface area contributed by atoms with Crippen LogP contribution in [0.2, 0.25) is 0 Å². The lowest BCUT2D eigenvalue weighted by Gasteiger charge is -2.31. The quantitative estimate of drug-likeness (QED) is 0.909.